The molecule has 6 heteroatoms. The minimum absolute atomic E-state index is 0.245. The van der Waals surface area contributed by atoms with Gasteiger partial charge in [0.15, 0.2) is 17.3 Å². The molecule has 6 nitrogen and oxygen atoms in total. The number of benzene rings is 1. The lowest BCUT2D eigenvalue weighted by molar-refractivity contribution is -0.143. The van der Waals surface area contributed by atoms with Crippen LogP contribution in [0.2, 0.25) is 0 Å². The summed E-state index contributed by atoms with van der Waals surface area (Å²) in [5, 5.41) is 20.0. The van der Waals surface area contributed by atoms with Crippen LogP contribution in [0.5, 0.6) is 0 Å². The van der Waals surface area contributed by atoms with E-state index in [1.54, 1.807) is 6.07 Å². The highest BCUT2D eigenvalue weighted by atomic mass is 16.4. The van der Waals surface area contributed by atoms with Crippen LogP contribution in [0.3, 0.4) is 0 Å². The first-order valence-corrected chi connectivity index (χ1v) is 9.89. The summed E-state index contributed by atoms with van der Waals surface area (Å²) in [6.45, 7) is 1.42. The van der Waals surface area contributed by atoms with Gasteiger partial charge in [0.1, 0.15) is 11.1 Å². The summed E-state index contributed by atoms with van der Waals surface area (Å²) < 4.78 is 1.89. The van der Waals surface area contributed by atoms with Crippen molar-refractivity contribution in [3.05, 3.63) is 53.7 Å². The van der Waals surface area contributed by atoms with E-state index in [2.05, 4.69) is 0 Å². The molecule has 2 aliphatic rings. The van der Waals surface area contributed by atoms with Gasteiger partial charge in [0.2, 0.25) is 0 Å². The standard InChI is InChI=1S/C23H23NO5/c1-14(22(28)29)13-18(25)19-20(26)17-10-9-16(15-7-3-2-4-8-15)24(17)23(21(19)27)11-5-6-12-23/h2-4,7-10,14,26H,5-6,11-13H2,1H3,(H,28,29)/t14-/m1/s1. The van der Waals surface area contributed by atoms with Crippen LogP contribution < -0.4 is 0 Å². The van der Waals surface area contributed by atoms with Crippen LogP contribution in [0.1, 0.15) is 44.7 Å². The van der Waals surface area contributed by atoms with Crippen molar-refractivity contribution in [3.8, 4) is 11.3 Å². The molecule has 2 aromatic rings. The Balaban J connectivity index is 1.88. The van der Waals surface area contributed by atoms with E-state index >= 15 is 0 Å². The fraction of sp³-hybridized carbons (Fsp3) is 0.348. The third kappa shape index (κ3) is 2.90. The number of aliphatic hydroxyl groups is 1. The van der Waals surface area contributed by atoms with E-state index in [9.17, 15) is 19.5 Å². The molecule has 1 spiro atoms. The fourth-order valence-corrected chi connectivity index (χ4v) is 4.62. The Morgan fingerprint density at radius 3 is 2.31 bits per heavy atom. The van der Waals surface area contributed by atoms with Crippen LogP contribution in [0.15, 0.2) is 48.0 Å². The van der Waals surface area contributed by atoms with Crippen molar-refractivity contribution in [2.24, 2.45) is 5.92 Å². The molecule has 2 heterocycles. The largest absolute Gasteiger partial charge is 0.505 e. The zero-order valence-electron chi connectivity index (χ0n) is 16.2. The van der Waals surface area contributed by atoms with E-state index in [1.807, 2.05) is 41.0 Å². The molecule has 0 unspecified atom stereocenters. The van der Waals surface area contributed by atoms with E-state index in [0.717, 1.165) is 24.1 Å². The number of hydrogen-bond acceptors (Lipinski definition) is 4. The summed E-state index contributed by atoms with van der Waals surface area (Å²) in [4.78, 5) is 37.6. The first kappa shape index (κ1) is 19.2. The van der Waals surface area contributed by atoms with Gasteiger partial charge >= 0.3 is 5.97 Å². The lowest BCUT2D eigenvalue weighted by Crippen LogP contribution is -2.46. The number of aromatic nitrogens is 1. The highest BCUT2D eigenvalue weighted by Crippen LogP contribution is 2.48. The molecule has 0 amide bonds. The Kier molecular flexibility index (Phi) is 4.65. The van der Waals surface area contributed by atoms with Gasteiger partial charge in [-0.25, -0.2) is 0 Å². The van der Waals surface area contributed by atoms with E-state index < -0.39 is 29.0 Å². The molecule has 150 valence electrons. The minimum Gasteiger partial charge on any atom is -0.505 e. The molecular formula is C23H23NO5. The molecular weight excluding hydrogens is 370 g/mol. The van der Waals surface area contributed by atoms with Crippen LogP contribution in [0.25, 0.3) is 17.0 Å². The Bertz CT molecular complexity index is 1020. The zero-order valence-corrected chi connectivity index (χ0v) is 16.2. The number of rotatable bonds is 5. The molecule has 0 radical (unpaired) electrons. The van der Waals surface area contributed by atoms with Crippen molar-refractivity contribution in [3.63, 3.8) is 0 Å². The molecule has 29 heavy (non-hydrogen) atoms. The number of carbonyl (C=O) groups is 3. The number of allylic oxidation sites excluding steroid dienone is 1. The Labute approximate surface area is 168 Å². The van der Waals surface area contributed by atoms with Gasteiger partial charge in [0, 0.05) is 12.1 Å². The van der Waals surface area contributed by atoms with Crippen molar-refractivity contribution >= 4 is 23.3 Å². The maximum atomic E-state index is 13.6. The second-order valence-electron chi connectivity index (χ2n) is 7.96. The Hall–Kier alpha value is -3.15. The molecule has 4 rings (SSSR count). The van der Waals surface area contributed by atoms with E-state index in [0.29, 0.717) is 18.5 Å². The average molecular weight is 393 g/mol. The van der Waals surface area contributed by atoms with Crippen LogP contribution in [-0.2, 0) is 19.9 Å². The number of Topliss-reactive ketones (excluding diaryl/α,β-unsaturated/α-hetero) is 2. The molecule has 1 saturated carbocycles. The normalized spacial score (nSPS) is 18.7. The van der Waals surface area contributed by atoms with Crippen molar-refractivity contribution in [1.82, 2.24) is 4.57 Å². The first-order chi connectivity index (χ1) is 13.9. The lowest BCUT2D eigenvalue weighted by atomic mass is 9.80. The van der Waals surface area contributed by atoms with Crippen molar-refractivity contribution in [1.29, 1.82) is 0 Å². The topological polar surface area (TPSA) is 96.6 Å². The molecule has 1 atom stereocenters. The molecule has 2 N–H and O–H groups in total. The molecule has 0 saturated heterocycles. The first-order valence-electron chi connectivity index (χ1n) is 9.89. The van der Waals surface area contributed by atoms with E-state index in [-0.39, 0.29) is 17.8 Å². The predicted octanol–water partition coefficient (Wildman–Crippen LogP) is 3.96. The fourth-order valence-electron chi connectivity index (χ4n) is 4.62. The SMILES string of the molecule is C[C@H](CC(=O)C1=C(O)c2ccc(-c3ccccc3)n2C2(CCCC2)C1=O)C(=O)O. The number of carboxylic acid groups (broad SMARTS) is 1. The van der Waals surface area contributed by atoms with E-state index in [1.165, 1.54) is 6.92 Å². The second kappa shape index (κ2) is 7.03. The average Bonchev–Trinajstić information content (AvgIpc) is 3.35. The summed E-state index contributed by atoms with van der Waals surface area (Å²) >= 11 is 0. The number of fused-ring (bicyclic) bond motifs is 2. The third-order valence-corrected chi connectivity index (χ3v) is 6.13. The van der Waals surface area contributed by atoms with E-state index in [4.69, 9.17) is 5.11 Å². The minimum atomic E-state index is -1.10. The number of carbonyl (C=O) groups excluding carboxylic acids is 2. The lowest BCUT2D eigenvalue weighted by Gasteiger charge is -2.37. The molecule has 1 fully saturated rings. The van der Waals surface area contributed by atoms with Gasteiger partial charge < -0.3 is 14.8 Å². The van der Waals surface area contributed by atoms with Gasteiger partial charge in [-0.3, -0.25) is 14.4 Å². The summed E-state index contributed by atoms with van der Waals surface area (Å²) in [5.74, 6) is -3.38. The smallest absolute Gasteiger partial charge is 0.306 e. The van der Waals surface area contributed by atoms with Gasteiger partial charge in [-0.1, -0.05) is 50.1 Å². The zero-order chi connectivity index (χ0) is 20.8. The maximum Gasteiger partial charge on any atom is 0.306 e. The monoisotopic (exact) mass is 393 g/mol. The van der Waals surface area contributed by atoms with Crippen LogP contribution in [0.4, 0.5) is 0 Å². The van der Waals surface area contributed by atoms with Crippen LogP contribution in [0, 0.1) is 5.92 Å². The maximum absolute atomic E-state index is 13.6. The molecule has 1 aliphatic heterocycles. The summed E-state index contributed by atoms with van der Waals surface area (Å²) in [6, 6.07) is 13.2. The molecule has 0 bridgehead atoms. The molecule has 1 aromatic carbocycles. The van der Waals surface area contributed by atoms with Gasteiger partial charge in [-0.05, 0) is 30.5 Å². The number of nitrogens with zero attached hydrogens (tertiary/aromatic N) is 1. The quantitative estimate of drug-likeness (QED) is 0.750. The highest BCUT2D eigenvalue weighted by molar-refractivity contribution is 6.28. The second-order valence-corrected chi connectivity index (χ2v) is 7.96. The van der Waals surface area contributed by atoms with Crippen molar-refractivity contribution in [2.45, 2.75) is 44.6 Å². The number of aliphatic carboxylic acids is 1. The van der Waals surface area contributed by atoms with Gasteiger partial charge in [-0.15, -0.1) is 0 Å². The van der Waals surface area contributed by atoms with Crippen LogP contribution in [-0.4, -0.2) is 32.3 Å². The highest BCUT2D eigenvalue weighted by Gasteiger charge is 2.51. The van der Waals surface area contributed by atoms with Gasteiger partial charge in [-0.2, -0.15) is 0 Å². The number of carboxylic acids is 1. The van der Waals surface area contributed by atoms with Gasteiger partial charge in [0.25, 0.3) is 0 Å². The molecule has 1 aliphatic carbocycles. The third-order valence-electron chi connectivity index (χ3n) is 6.13. The Morgan fingerprint density at radius 2 is 1.69 bits per heavy atom. The summed E-state index contributed by atoms with van der Waals surface area (Å²) in [5.41, 5.74) is 1.04. The molecule has 1 aromatic heterocycles. The number of aliphatic hydroxyl groups excluding tert-OH is 1. The summed E-state index contributed by atoms with van der Waals surface area (Å²) in [7, 11) is 0. The summed E-state index contributed by atoms with van der Waals surface area (Å²) in [6.07, 6.45) is 2.57. The van der Waals surface area contributed by atoms with Crippen molar-refractivity contribution < 1.29 is 24.6 Å². The number of ketones is 2. The Morgan fingerprint density at radius 1 is 1.07 bits per heavy atom. The van der Waals surface area contributed by atoms with Crippen LogP contribution >= 0.6 is 0 Å². The predicted molar refractivity (Wildman–Crippen MR) is 107 cm³/mol. The number of hydrogen-bond donors (Lipinski definition) is 2. The van der Waals surface area contributed by atoms with Crippen molar-refractivity contribution in [2.75, 3.05) is 0 Å². The van der Waals surface area contributed by atoms with Gasteiger partial charge in [0.05, 0.1) is 11.6 Å².